The molecule has 1 N–H and O–H groups in total. The smallest absolute Gasteiger partial charge is 0.243 e. The lowest BCUT2D eigenvalue weighted by Gasteiger charge is -2.32. The Balaban J connectivity index is 1.50. The van der Waals surface area contributed by atoms with Crippen molar-refractivity contribution in [2.45, 2.75) is 44.4 Å². The van der Waals surface area contributed by atoms with Gasteiger partial charge in [-0.2, -0.15) is 4.31 Å². The van der Waals surface area contributed by atoms with E-state index < -0.39 is 15.9 Å². The van der Waals surface area contributed by atoms with E-state index in [-0.39, 0.29) is 29.0 Å². The summed E-state index contributed by atoms with van der Waals surface area (Å²) in [6, 6.07) is 11.6. The van der Waals surface area contributed by atoms with Crippen LogP contribution in [-0.4, -0.2) is 50.0 Å². The molecule has 2 aromatic rings. The quantitative estimate of drug-likeness (QED) is 0.658. The molecule has 1 saturated heterocycles. The van der Waals surface area contributed by atoms with Gasteiger partial charge in [0.05, 0.1) is 10.8 Å². The van der Waals surface area contributed by atoms with Crippen LogP contribution in [0.25, 0.3) is 0 Å². The molecule has 2 aromatic carbocycles. The van der Waals surface area contributed by atoms with Crippen LogP contribution in [0, 0.1) is 5.92 Å². The number of nitrogens with zero attached hydrogens (tertiary/aromatic N) is 2. The fourth-order valence-corrected chi connectivity index (χ4v) is 6.22. The van der Waals surface area contributed by atoms with Crippen molar-refractivity contribution in [1.82, 2.24) is 4.31 Å². The monoisotopic (exact) mass is 483 g/mol. The zero-order valence-electron chi connectivity index (χ0n) is 19.4. The first-order valence-electron chi connectivity index (χ1n) is 11.5. The molecule has 1 fully saturated rings. The van der Waals surface area contributed by atoms with Crippen LogP contribution < -0.4 is 10.2 Å². The van der Waals surface area contributed by atoms with E-state index in [1.54, 1.807) is 47.4 Å². The number of benzene rings is 2. The Morgan fingerprint density at radius 2 is 1.79 bits per heavy atom. The number of nitrogens with one attached hydrogen (secondary N) is 1. The topological polar surface area (TPSA) is 104 Å². The maximum absolute atomic E-state index is 13.4. The number of sulfonamides is 1. The van der Waals surface area contributed by atoms with E-state index in [1.165, 1.54) is 18.2 Å². The molecule has 2 heterocycles. The zero-order valence-corrected chi connectivity index (χ0v) is 20.2. The van der Waals surface area contributed by atoms with Crippen molar-refractivity contribution in [3.63, 3.8) is 0 Å². The largest absolute Gasteiger partial charge is 0.326 e. The summed E-state index contributed by atoms with van der Waals surface area (Å²) in [5.41, 5.74) is 2.63. The second kappa shape index (κ2) is 9.68. The van der Waals surface area contributed by atoms with Crippen molar-refractivity contribution in [2.24, 2.45) is 5.92 Å². The number of fused-ring (bicyclic) bond motifs is 1. The molecule has 180 valence electrons. The van der Waals surface area contributed by atoms with Gasteiger partial charge in [0.1, 0.15) is 0 Å². The normalized spacial score (nSPS) is 18.8. The molecule has 2 aliphatic rings. The standard InChI is InChI=1S/C25H29N3O5S/c1-17(29)19-6-3-9-22(14-19)26-25(31)21-8-4-12-27(16-21)34(32,33)23-10-11-24-20(15-23)7-5-13-28(24)18(2)30/h3,6,9-11,14-15,21H,4-5,7-8,12-13,16H2,1-2H3,(H,26,31)/t21-/m0/s1. The molecule has 0 saturated carbocycles. The Morgan fingerprint density at radius 1 is 1.00 bits per heavy atom. The van der Waals surface area contributed by atoms with Crippen LogP contribution in [-0.2, 0) is 26.0 Å². The number of rotatable bonds is 5. The summed E-state index contributed by atoms with van der Waals surface area (Å²) in [4.78, 5) is 38.3. The van der Waals surface area contributed by atoms with Crippen molar-refractivity contribution in [2.75, 3.05) is 29.9 Å². The Hall–Kier alpha value is -3.04. The molecule has 4 rings (SSSR count). The Morgan fingerprint density at radius 3 is 2.53 bits per heavy atom. The Kier molecular flexibility index (Phi) is 6.86. The molecule has 0 radical (unpaired) electrons. The van der Waals surface area contributed by atoms with Gasteiger partial charge in [0.25, 0.3) is 0 Å². The molecule has 0 unspecified atom stereocenters. The molecular formula is C25H29N3O5S. The van der Waals surface area contributed by atoms with Crippen LogP contribution in [0.2, 0.25) is 0 Å². The number of hydrogen-bond acceptors (Lipinski definition) is 5. The summed E-state index contributed by atoms with van der Waals surface area (Å²) in [7, 11) is -3.79. The number of anilines is 2. The van der Waals surface area contributed by atoms with Gasteiger partial charge in [0.2, 0.25) is 21.8 Å². The zero-order chi connectivity index (χ0) is 24.5. The first kappa shape index (κ1) is 24.1. The molecule has 0 bridgehead atoms. The van der Waals surface area contributed by atoms with E-state index in [4.69, 9.17) is 0 Å². The third-order valence-corrected chi connectivity index (χ3v) is 8.34. The molecule has 0 aromatic heterocycles. The summed E-state index contributed by atoms with van der Waals surface area (Å²) < 4.78 is 28.2. The number of carbonyl (C=O) groups excluding carboxylic acids is 3. The van der Waals surface area contributed by atoms with Crippen molar-refractivity contribution in [3.05, 3.63) is 53.6 Å². The second-order valence-corrected chi connectivity index (χ2v) is 10.8. The van der Waals surface area contributed by atoms with Crippen LogP contribution >= 0.6 is 0 Å². The predicted molar refractivity (Wildman–Crippen MR) is 129 cm³/mol. The molecule has 0 spiro atoms. The second-order valence-electron chi connectivity index (χ2n) is 8.89. The number of amides is 2. The molecule has 0 aliphatic carbocycles. The maximum atomic E-state index is 13.4. The van der Waals surface area contributed by atoms with Crippen molar-refractivity contribution < 1.29 is 22.8 Å². The highest BCUT2D eigenvalue weighted by Gasteiger charge is 2.34. The first-order chi connectivity index (χ1) is 16.2. The van der Waals surface area contributed by atoms with E-state index in [1.807, 2.05) is 0 Å². The van der Waals surface area contributed by atoms with E-state index >= 15 is 0 Å². The highest BCUT2D eigenvalue weighted by molar-refractivity contribution is 7.89. The molecule has 2 aliphatic heterocycles. The first-order valence-corrected chi connectivity index (χ1v) is 12.9. The molecule has 1 atom stereocenters. The van der Waals surface area contributed by atoms with Crippen LogP contribution in [0.15, 0.2) is 47.4 Å². The number of carbonyl (C=O) groups is 3. The average molecular weight is 484 g/mol. The molecule has 8 nitrogen and oxygen atoms in total. The third kappa shape index (κ3) is 4.90. The summed E-state index contributed by atoms with van der Waals surface area (Å²) in [5, 5.41) is 2.82. The predicted octanol–water partition coefficient (Wildman–Crippen LogP) is 3.23. The van der Waals surface area contributed by atoms with Gasteiger partial charge in [-0.3, -0.25) is 14.4 Å². The van der Waals surface area contributed by atoms with Gasteiger partial charge < -0.3 is 10.2 Å². The number of Topliss-reactive ketones (excluding diaryl/α,β-unsaturated/α-hetero) is 1. The van der Waals surface area contributed by atoms with Gasteiger partial charge in [-0.15, -0.1) is 0 Å². The van der Waals surface area contributed by atoms with Gasteiger partial charge in [-0.1, -0.05) is 12.1 Å². The minimum Gasteiger partial charge on any atom is -0.326 e. The van der Waals surface area contributed by atoms with E-state index in [2.05, 4.69) is 5.32 Å². The van der Waals surface area contributed by atoms with Crippen molar-refractivity contribution >= 4 is 39.0 Å². The van der Waals surface area contributed by atoms with E-state index in [0.29, 0.717) is 43.6 Å². The van der Waals surface area contributed by atoms with E-state index in [9.17, 15) is 22.8 Å². The fraction of sp³-hybridized carbons (Fsp3) is 0.400. The third-order valence-electron chi connectivity index (χ3n) is 6.48. The number of piperidine rings is 1. The molecular weight excluding hydrogens is 454 g/mol. The van der Waals surface area contributed by atoms with Crippen LogP contribution in [0.1, 0.15) is 49.0 Å². The minimum absolute atomic E-state index is 0.0599. The SMILES string of the molecule is CC(=O)c1cccc(NC(=O)[C@H]2CCCN(S(=O)(=O)c3ccc4c(c3)CCCN4C(C)=O)C2)c1. The van der Waals surface area contributed by atoms with Crippen molar-refractivity contribution in [3.8, 4) is 0 Å². The lowest BCUT2D eigenvalue weighted by molar-refractivity contribution is -0.121. The van der Waals surface area contributed by atoms with Gasteiger partial charge in [-0.25, -0.2) is 8.42 Å². The van der Waals surface area contributed by atoms with Gasteiger partial charge in [0, 0.05) is 43.5 Å². The van der Waals surface area contributed by atoms with Gasteiger partial charge in [-0.05, 0) is 68.5 Å². The van der Waals surface area contributed by atoms with E-state index in [0.717, 1.165) is 17.7 Å². The number of hydrogen-bond donors (Lipinski definition) is 1. The fourth-order valence-electron chi connectivity index (χ4n) is 4.65. The van der Waals surface area contributed by atoms with Gasteiger partial charge >= 0.3 is 0 Å². The summed E-state index contributed by atoms with van der Waals surface area (Å²) in [5.74, 6) is -0.906. The van der Waals surface area contributed by atoms with Gasteiger partial charge in [0.15, 0.2) is 5.78 Å². The lowest BCUT2D eigenvalue weighted by atomic mass is 9.98. The van der Waals surface area contributed by atoms with Crippen LogP contribution in [0.3, 0.4) is 0 Å². The summed E-state index contributed by atoms with van der Waals surface area (Å²) in [6.45, 7) is 4.05. The lowest BCUT2D eigenvalue weighted by Crippen LogP contribution is -2.43. The maximum Gasteiger partial charge on any atom is 0.243 e. The summed E-state index contributed by atoms with van der Waals surface area (Å²) >= 11 is 0. The molecule has 2 amide bonds. The van der Waals surface area contributed by atoms with Crippen molar-refractivity contribution in [1.29, 1.82) is 0 Å². The number of aryl methyl sites for hydroxylation is 1. The molecule has 34 heavy (non-hydrogen) atoms. The number of ketones is 1. The highest BCUT2D eigenvalue weighted by atomic mass is 32.2. The van der Waals surface area contributed by atoms with Crippen LogP contribution in [0.4, 0.5) is 11.4 Å². The Bertz CT molecular complexity index is 1240. The minimum atomic E-state index is -3.79. The average Bonchev–Trinajstić information content (AvgIpc) is 2.83. The molecule has 9 heteroatoms. The highest BCUT2D eigenvalue weighted by Crippen LogP contribution is 2.32. The Labute approximate surface area is 200 Å². The van der Waals surface area contributed by atoms with Crippen LogP contribution in [0.5, 0.6) is 0 Å². The summed E-state index contributed by atoms with van der Waals surface area (Å²) in [6.07, 6.45) is 2.66.